The molecule has 1 heterocycles. The van der Waals surface area contributed by atoms with Gasteiger partial charge in [0.25, 0.3) is 5.95 Å². The van der Waals surface area contributed by atoms with Crippen LogP contribution in [0.5, 0.6) is 0 Å². The largest absolute Gasteiger partial charge is 0.369 e. The lowest BCUT2D eigenvalue weighted by Gasteiger charge is -2.22. The molecule has 118 valence electrons. The van der Waals surface area contributed by atoms with E-state index in [0.717, 1.165) is 24.3 Å². The molecule has 0 aliphatic rings. The lowest BCUT2D eigenvalue weighted by molar-refractivity contribution is 0.874. The Morgan fingerprint density at radius 2 is 1.91 bits per heavy atom. The van der Waals surface area contributed by atoms with Crippen LogP contribution in [0.4, 0.5) is 11.6 Å². The number of benzene rings is 1. The molecule has 0 unspecified atom stereocenters. The molecule has 0 saturated carbocycles. The van der Waals surface area contributed by atoms with E-state index in [4.69, 9.17) is 29.0 Å². The van der Waals surface area contributed by atoms with Gasteiger partial charge >= 0.3 is 0 Å². The number of nitrogen functional groups attached to an aromatic ring is 1. The Labute approximate surface area is 138 Å². The first-order valence-corrected chi connectivity index (χ1v) is 7.72. The van der Waals surface area contributed by atoms with Gasteiger partial charge in [0.2, 0.25) is 0 Å². The molecule has 0 aliphatic heterocycles. The Morgan fingerprint density at radius 1 is 1.23 bits per heavy atom. The van der Waals surface area contributed by atoms with Crippen LogP contribution in [0, 0.1) is 0 Å². The second-order valence-corrected chi connectivity index (χ2v) is 5.14. The van der Waals surface area contributed by atoms with E-state index in [9.17, 15) is 0 Å². The van der Waals surface area contributed by atoms with Crippen molar-refractivity contribution < 1.29 is 0 Å². The van der Waals surface area contributed by atoms with Crippen LogP contribution in [0.25, 0.3) is 0 Å². The molecule has 0 saturated heterocycles. The highest BCUT2D eigenvalue weighted by Crippen LogP contribution is 2.15. The number of nitrogens with two attached hydrogens (primary N) is 1. The molecule has 0 spiro atoms. The highest BCUT2D eigenvalue weighted by molar-refractivity contribution is 6.18. The molecule has 0 fully saturated rings. The number of hydrogen-bond acceptors (Lipinski definition) is 6. The minimum absolute atomic E-state index is 0.364. The zero-order valence-electron chi connectivity index (χ0n) is 11.9. The summed E-state index contributed by atoms with van der Waals surface area (Å²) >= 11 is 11.6. The van der Waals surface area contributed by atoms with Gasteiger partial charge in [-0.2, -0.15) is 5.10 Å². The fraction of sp³-hybridized carbons (Fsp3) is 0.308. The van der Waals surface area contributed by atoms with Crippen LogP contribution in [0.15, 0.2) is 35.7 Å². The summed E-state index contributed by atoms with van der Waals surface area (Å²) in [7, 11) is 0. The van der Waals surface area contributed by atoms with Crippen molar-refractivity contribution in [1.82, 2.24) is 14.9 Å². The van der Waals surface area contributed by atoms with Crippen LogP contribution in [0.3, 0.4) is 0 Å². The Bertz CT molecular complexity index is 591. The first kappa shape index (κ1) is 16.4. The fourth-order valence-corrected chi connectivity index (χ4v) is 2.24. The first-order chi connectivity index (χ1) is 10.7. The summed E-state index contributed by atoms with van der Waals surface area (Å²) in [5.74, 6) is 7.04. The highest BCUT2D eigenvalue weighted by Gasteiger charge is 2.04. The van der Waals surface area contributed by atoms with E-state index >= 15 is 0 Å². The summed E-state index contributed by atoms with van der Waals surface area (Å²) < 4.78 is 1.25. The molecule has 0 atom stereocenters. The van der Waals surface area contributed by atoms with E-state index in [1.54, 1.807) is 6.21 Å². The van der Waals surface area contributed by atoms with Gasteiger partial charge in [0.15, 0.2) is 0 Å². The van der Waals surface area contributed by atoms with E-state index in [-0.39, 0.29) is 0 Å². The number of nitrogens with zero attached hydrogens (tertiary/aromatic N) is 5. The zero-order chi connectivity index (χ0) is 15.8. The van der Waals surface area contributed by atoms with Crippen LogP contribution in [0.1, 0.15) is 5.56 Å². The average molecular weight is 342 g/mol. The van der Waals surface area contributed by atoms with Gasteiger partial charge in [-0.3, -0.25) is 0 Å². The number of hydrogen-bond donors (Lipinski definition) is 2. The first-order valence-electron chi connectivity index (χ1n) is 6.65. The van der Waals surface area contributed by atoms with Gasteiger partial charge in [0.1, 0.15) is 6.33 Å². The van der Waals surface area contributed by atoms with E-state index in [1.165, 1.54) is 11.0 Å². The predicted molar refractivity (Wildman–Crippen MR) is 91.5 cm³/mol. The lowest BCUT2D eigenvalue weighted by Crippen LogP contribution is -2.27. The fourth-order valence-electron chi connectivity index (χ4n) is 1.83. The summed E-state index contributed by atoms with van der Waals surface area (Å²) in [6, 6.07) is 7.93. The summed E-state index contributed by atoms with van der Waals surface area (Å²) in [6.45, 7) is 1.52. The zero-order valence-corrected chi connectivity index (χ0v) is 13.4. The molecule has 1 aromatic heterocycles. The number of rotatable bonds is 8. The molecular weight excluding hydrogens is 325 g/mol. The average Bonchev–Trinajstić information content (AvgIpc) is 2.93. The minimum atomic E-state index is 0.364. The van der Waals surface area contributed by atoms with Crippen LogP contribution < -0.4 is 16.2 Å². The molecule has 2 aromatic rings. The molecule has 3 N–H and O–H groups in total. The molecule has 2 rings (SSSR count). The van der Waals surface area contributed by atoms with Crippen molar-refractivity contribution in [3.05, 3.63) is 36.2 Å². The minimum Gasteiger partial charge on any atom is -0.369 e. The number of nitrogens with one attached hydrogen (secondary N) is 1. The maximum Gasteiger partial charge on any atom is 0.263 e. The highest BCUT2D eigenvalue weighted by atomic mass is 35.5. The Morgan fingerprint density at radius 3 is 2.45 bits per heavy atom. The second-order valence-electron chi connectivity index (χ2n) is 4.39. The second kappa shape index (κ2) is 8.45. The van der Waals surface area contributed by atoms with Gasteiger partial charge in [-0.1, -0.05) is 12.1 Å². The van der Waals surface area contributed by atoms with Crippen molar-refractivity contribution in [2.75, 3.05) is 41.0 Å². The smallest absolute Gasteiger partial charge is 0.263 e. The van der Waals surface area contributed by atoms with Crippen molar-refractivity contribution in [1.29, 1.82) is 0 Å². The lowest BCUT2D eigenvalue weighted by atomic mass is 10.2. The predicted octanol–water partition coefficient (Wildman–Crippen LogP) is 1.72. The van der Waals surface area contributed by atoms with Crippen molar-refractivity contribution >= 4 is 41.1 Å². The monoisotopic (exact) mass is 341 g/mol. The summed E-state index contributed by atoms with van der Waals surface area (Å²) in [6.07, 6.45) is 3.06. The maximum atomic E-state index is 5.81. The third-order valence-electron chi connectivity index (χ3n) is 2.92. The van der Waals surface area contributed by atoms with E-state index < -0.39 is 0 Å². The van der Waals surface area contributed by atoms with Crippen LogP contribution in [-0.2, 0) is 0 Å². The van der Waals surface area contributed by atoms with Crippen LogP contribution >= 0.6 is 23.2 Å². The molecule has 0 bridgehead atoms. The van der Waals surface area contributed by atoms with Gasteiger partial charge in [0.05, 0.1) is 6.21 Å². The number of aromatic nitrogens is 3. The van der Waals surface area contributed by atoms with Gasteiger partial charge in [0, 0.05) is 30.5 Å². The normalized spacial score (nSPS) is 11.0. The number of anilines is 2. The number of hydrazone groups is 1. The van der Waals surface area contributed by atoms with Crippen LogP contribution in [0.2, 0.25) is 0 Å². The Hall–Kier alpha value is -1.99. The third kappa shape index (κ3) is 4.51. The van der Waals surface area contributed by atoms with Crippen molar-refractivity contribution in [2.45, 2.75) is 0 Å². The molecule has 1 aromatic carbocycles. The molecule has 9 heteroatoms. The summed E-state index contributed by atoms with van der Waals surface area (Å²) in [5.41, 5.74) is 4.73. The van der Waals surface area contributed by atoms with Gasteiger partial charge in [-0.25, -0.2) is 10.1 Å². The van der Waals surface area contributed by atoms with Crippen LogP contribution in [-0.4, -0.2) is 45.9 Å². The molecule has 0 radical (unpaired) electrons. The number of alkyl halides is 2. The van der Waals surface area contributed by atoms with E-state index in [2.05, 4.69) is 25.6 Å². The van der Waals surface area contributed by atoms with Crippen molar-refractivity contribution in [2.24, 2.45) is 5.10 Å². The summed E-state index contributed by atoms with van der Waals surface area (Å²) in [4.78, 5) is 2.13. The maximum absolute atomic E-state index is 5.81. The van der Waals surface area contributed by atoms with Gasteiger partial charge < -0.3 is 10.7 Å². The molecule has 0 aliphatic carbocycles. The quantitative estimate of drug-likeness (QED) is 0.330. The number of halogens is 2. The molecular formula is C13H17Cl2N7. The Balaban J connectivity index is 1.97. The SMILES string of the molecule is Nn1cnnc1N/N=C\c1ccc(N(CCCl)CCCl)cc1. The van der Waals surface area contributed by atoms with Crippen molar-refractivity contribution in [3.8, 4) is 0 Å². The Kier molecular flexibility index (Phi) is 6.29. The van der Waals surface area contributed by atoms with Gasteiger partial charge in [-0.05, 0) is 17.7 Å². The van der Waals surface area contributed by atoms with E-state index in [0.29, 0.717) is 17.7 Å². The van der Waals surface area contributed by atoms with Crippen molar-refractivity contribution in [3.63, 3.8) is 0 Å². The molecule has 7 nitrogen and oxygen atoms in total. The topological polar surface area (TPSA) is 84.4 Å². The standard InChI is InChI=1S/C13H17Cl2N7/c14-5-7-21(8-6-15)12-3-1-11(2-4-12)9-17-19-13-20-18-10-22(13)16/h1-4,9-10H,5-8,16H2,(H,19,20)/b17-9-. The van der Waals surface area contributed by atoms with E-state index in [1.807, 2.05) is 24.3 Å². The molecule has 22 heavy (non-hydrogen) atoms. The van der Waals surface area contributed by atoms with Gasteiger partial charge in [-0.15, -0.1) is 33.4 Å². The third-order valence-corrected chi connectivity index (χ3v) is 3.26. The molecule has 0 amide bonds. The summed E-state index contributed by atoms with van der Waals surface area (Å²) in [5, 5.41) is 11.5.